The fourth-order valence-corrected chi connectivity index (χ4v) is 4.30. The molecule has 0 fully saturated rings. The van der Waals surface area contributed by atoms with E-state index in [2.05, 4.69) is 10.6 Å². The van der Waals surface area contributed by atoms with Crippen LogP contribution in [0.5, 0.6) is 0 Å². The SMILES string of the molecule is C[C@H](NC(=O)C[C@@H]1Sc2ccccc2NC1=O)c1cc(F)c(Cl)cc1Cl. The second-order valence-corrected chi connectivity index (χ2v) is 7.93. The quantitative estimate of drug-likeness (QED) is 0.708. The Balaban J connectivity index is 1.66. The molecule has 2 N–H and O–H groups in total. The number of para-hydroxylation sites is 1. The molecule has 1 heterocycles. The number of carbonyl (C=O) groups is 2. The number of carbonyl (C=O) groups excluding carboxylic acids is 2. The van der Waals surface area contributed by atoms with Gasteiger partial charge in [0.05, 0.1) is 22.0 Å². The van der Waals surface area contributed by atoms with Gasteiger partial charge in [-0.2, -0.15) is 0 Å². The third-order valence-corrected chi connectivity index (χ3v) is 5.85. The van der Waals surface area contributed by atoms with Crippen molar-refractivity contribution in [2.75, 3.05) is 5.32 Å². The molecule has 136 valence electrons. The lowest BCUT2D eigenvalue weighted by atomic mass is 10.1. The van der Waals surface area contributed by atoms with Crippen molar-refractivity contribution in [2.24, 2.45) is 0 Å². The van der Waals surface area contributed by atoms with Crippen LogP contribution in [-0.2, 0) is 9.59 Å². The van der Waals surface area contributed by atoms with Gasteiger partial charge in [-0.15, -0.1) is 11.8 Å². The molecule has 0 radical (unpaired) electrons. The van der Waals surface area contributed by atoms with Gasteiger partial charge in [0.15, 0.2) is 0 Å². The normalized spacial score (nSPS) is 17.2. The first-order valence-corrected chi connectivity index (χ1v) is 9.49. The van der Waals surface area contributed by atoms with Gasteiger partial charge >= 0.3 is 0 Å². The Labute approximate surface area is 164 Å². The molecule has 2 atom stereocenters. The van der Waals surface area contributed by atoms with Gasteiger partial charge in [-0.05, 0) is 36.8 Å². The van der Waals surface area contributed by atoms with Crippen molar-refractivity contribution in [2.45, 2.75) is 29.5 Å². The van der Waals surface area contributed by atoms with Crippen molar-refractivity contribution in [3.63, 3.8) is 0 Å². The van der Waals surface area contributed by atoms with Crippen molar-refractivity contribution >= 4 is 52.5 Å². The maximum Gasteiger partial charge on any atom is 0.238 e. The minimum Gasteiger partial charge on any atom is -0.349 e. The Bertz CT molecular complexity index is 878. The summed E-state index contributed by atoms with van der Waals surface area (Å²) in [6.45, 7) is 1.69. The van der Waals surface area contributed by atoms with Gasteiger partial charge < -0.3 is 10.6 Å². The van der Waals surface area contributed by atoms with Gasteiger partial charge in [0.2, 0.25) is 11.8 Å². The minimum atomic E-state index is -0.606. The molecule has 4 nitrogen and oxygen atoms in total. The van der Waals surface area contributed by atoms with Crippen LogP contribution in [0.3, 0.4) is 0 Å². The summed E-state index contributed by atoms with van der Waals surface area (Å²) in [4.78, 5) is 25.5. The third kappa shape index (κ3) is 4.14. The number of hydrogen-bond donors (Lipinski definition) is 2. The van der Waals surface area contributed by atoms with Crippen LogP contribution in [0.4, 0.5) is 10.1 Å². The molecule has 26 heavy (non-hydrogen) atoms. The zero-order chi connectivity index (χ0) is 18.8. The molecule has 0 saturated carbocycles. The summed E-state index contributed by atoms with van der Waals surface area (Å²) in [5.41, 5.74) is 1.17. The maximum atomic E-state index is 13.7. The number of anilines is 1. The Morgan fingerprint density at radius 1 is 1.31 bits per heavy atom. The van der Waals surface area contributed by atoms with Gasteiger partial charge in [0.25, 0.3) is 0 Å². The fraction of sp³-hybridized carbons (Fsp3) is 0.222. The van der Waals surface area contributed by atoms with E-state index in [0.717, 1.165) is 10.6 Å². The molecule has 0 saturated heterocycles. The molecule has 2 aromatic rings. The van der Waals surface area contributed by atoms with Crippen LogP contribution >= 0.6 is 35.0 Å². The standard InChI is InChI=1S/C18H15Cl2FN2O2S/c1-9(10-6-13(21)12(20)7-11(10)19)22-17(24)8-16-18(25)23-14-4-2-3-5-15(14)26-16/h2-7,9,16H,8H2,1H3,(H,22,24)(H,23,25)/t9-,16-/m0/s1. The zero-order valence-electron chi connectivity index (χ0n) is 13.7. The average molecular weight is 413 g/mol. The molecular weight excluding hydrogens is 398 g/mol. The van der Waals surface area contributed by atoms with Gasteiger partial charge in [0, 0.05) is 16.3 Å². The summed E-state index contributed by atoms with van der Waals surface area (Å²) in [6.07, 6.45) is 0.00284. The number of thioether (sulfide) groups is 1. The summed E-state index contributed by atoms with van der Waals surface area (Å²) in [6, 6.07) is 9.40. The van der Waals surface area contributed by atoms with Crippen LogP contribution < -0.4 is 10.6 Å². The Morgan fingerprint density at radius 2 is 2.04 bits per heavy atom. The van der Waals surface area contributed by atoms with E-state index < -0.39 is 17.1 Å². The summed E-state index contributed by atoms with van der Waals surface area (Å²) >= 11 is 13.1. The van der Waals surface area contributed by atoms with Crippen LogP contribution in [0, 0.1) is 5.82 Å². The third-order valence-electron chi connectivity index (χ3n) is 3.96. The first-order valence-electron chi connectivity index (χ1n) is 7.85. The van der Waals surface area contributed by atoms with E-state index in [-0.39, 0.29) is 28.3 Å². The first kappa shape index (κ1) is 19.0. The summed E-state index contributed by atoms with van der Waals surface area (Å²) in [5.74, 6) is -1.14. The van der Waals surface area contributed by atoms with Crippen molar-refractivity contribution in [3.05, 3.63) is 57.8 Å². The van der Waals surface area contributed by atoms with Gasteiger partial charge in [-0.1, -0.05) is 35.3 Å². The van der Waals surface area contributed by atoms with Crippen LogP contribution in [-0.4, -0.2) is 17.1 Å². The molecule has 1 aliphatic rings. The molecule has 0 aliphatic carbocycles. The second kappa shape index (κ2) is 7.86. The predicted molar refractivity (Wildman–Crippen MR) is 102 cm³/mol. The van der Waals surface area contributed by atoms with Crippen LogP contribution in [0.25, 0.3) is 0 Å². The highest BCUT2D eigenvalue weighted by molar-refractivity contribution is 8.01. The number of benzene rings is 2. The highest BCUT2D eigenvalue weighted by Gasteiger charge is 2.29. The Hall–Kier alpha value is -1.76. The molecule has 0 spiro atoms. The first-order chi connectivity index (χ1) is 12.3. The molecule has 2 amide bonds. The van der Waals surface area contributed by atoms with Crippen LogP contribution in [0.2, 0.25) is 10.0 Å². The number of amides is 2. The van der Waals surface area contributed by atoms with Gasteiger partial charge in [-0.25, -0.2) is 4.39 Å². The van der Waals surface area contributed by atoms with E-state index in [0.29, 0.717) is 5.56 Å². The number of hydrogen-bond acceptors (Lipinski definition) is 3. The lowest BCUT2D eigenvalue weighted by Gasteiger charge is -2.24. The van der Waals surface area contributed by atoms with Crippen LogP contribution in [0.15, 0.2) is 41.3 Å². The number of halogens is 3. The lowest BCUT2D eigenvalue weighted by molar-refractivity contribution is -0.124. The smallest absolute Gasteiger partial charge is 0.238 e. The highest BCUT2D eigenvalue weighted by atomic mass is 35.5. The summed E-state index contributed by atoms with van der Waals surface area (Å²) < 4.78 is 13.7. The van der Waals surface area contributed by atoms with E-state index in [1.165, 1.54) is 23.9 Å². The second-order valence-electron chi connectivity index (χ2n) is 5.87. The predicted octanol–water partition coefficient (Wildman–Crippen LogP) is 4.81. The zero-order valence-corrected chi connectivity index (χ0v) is 16.0. The van der Waals surface area contributed by atoms with E-state index in [4.69, 9.17) is 23.2 Å². The maximum absolute atomic E-state index is 13.7. The summed E-state index contributed by atoms with van der Waals surface area (Å²) in [5, 5.41) is 5.20. The lowest BCUT2D eigenvalue weighted by Crippen LogP contribution is -2.35. The Kier molecular flexibility index (Phi) is 5.75. The largest absolute Gasteiger partial charge is 0.349 e. The molecule has 3 rings (SSSR count). The topological polar surface area (TPSA) is 58.2 Å². The molecule has 0 aromatic heterocycles. The molecule has 8 heteroatoms. The number of nitrogens with one attached hydrogen (secondary N) is 2. The van der Waals surface area contributed by atoms with Gasteiger partial charge in [-0.3, -0.25) is 9.59 Å². The number of fused-ring (bicyclic) bond motifs is 1. The number of rotatable bonds is 4. The minimum absolute atomic E-state index is 0.00284. The van der Waals surface area contributed by atoms with Gasteiger partial charge in [0.1, 0.15) is 5.82 Å². The van der Waals surface area contributed by atoms with E-state index in [1.54, 1.807) is 6.92 Å². The monoisotopic (exact) mass is 412 g/mol. The molecule has 2 aromatic carbocycles. The van der Waals surface area contributed by atoms with Crippen molar-refractivity contribution < 1.29 is 14.0 Å². The molecule has 1 aliphatic heterocycles. The summed E-state index contributed by atoms with van der Waals surface area (Å²) in [7, 11) is 0. The Morgan fingerprint density at radius 3 is 2.81 bits per heavy atom. The van der Waals surface area contributed by atoms with Crippen molar-refractivity contribution in [1.82, 2.24) is 5.32 Å². The fourth-order valence-electron chi connectivity index (χ4n) is 2.64. The molecular formula is C18H15Cl2FN2O2S. The van der Waals surface area contributed by atoms with E-state index >= 15 is 0 Å². The average Bonchev–Trinajstić information content (AvgIpc) is 2.58. The highest BCUT2D eigenvalue weighted by Crippen LogP contribution is 2.36. The van der Waals surface area contributed by atoms with E-state index in [1.807, 2.05) is 24.3 Å². The van der Waals surface area contributed by atoms with E-state index in [9.17, 15) is 14.0 Å². The van der Waals surface area contributed by atoms with Crippen LogP contribution in [0.1, 0.15) is 24.9 Å². The van der Waals surface area contributed by atoms with Crippen molar-refractivity contribution in [1.29, 1.82) is 0 Å². The molecule has 0 bridgehead atoms. The van der Waals surface area contributed by atoms with Crippen molar-refractivity contribution in [3.8, 4) is 0 Å². The molecule has 0 unspecified atom stereocenters.